The second-order valence-corrected chi connectivity index (χ2v) is 5.49. The maximum atomic E-state index is 6.88. The average molecular weight is 285 g/mol. The summed E-state index contributed by atoms with van der Waals surface area (Å²) in [6.07, 6.45) is 3.91. The van der Waals surface area contributed by atoms with Gasteiger partial charge in [0.25, 0.3) is 0 Å². The average Bonchev–Trinajstić information content (AvgIpc) is 2.99. The lowest BCUT2D eigenvalue weighted by Gasteiger charge is -2.13. The van der Waals surface area contributed by atoms with Crippen LogP contribution in [0.2, 0.25) is 0 Å². The molecule has 0 aliphatic carbocycles. The van der Waals surface area contributed by atoms with Crippen LogP contribution in [0.25, 0.3) is 4.85 Å². The summed E-state index contributed by atoms with van der Waals surface area (Å²) in [7, 11) is 1.73. The molecule has 0 aliphatic rings. The molecule has 20 heavy (non-hydrogen) atoms. The maximum Gasteiger partial charge on any atom is 0.215 e. The lowest BCUT2D eigenvalue weighted by atomic mass is 9.97. The molecule has 0 N–H and O–H groups in total. The molecule has 0 fully saturated rings. The first kappa shape index (κ1) is 14.6. The van der Waals surface area contributed by atoms with Crippen molar-refractivity contribution in [2.24, 2.45) is 0 Å². The summed E-state index contributed by atoms with van der Waals surface area (Å²) in [4.78, 5) is 3.43. The molecule has 104 valence electrons. The fraction of sp³-hybridized carbons (Fsp3) is 0.353. The van der Waals surface area contributed by atoms with Crippen molar-refractivity contribution in [3.05, 3.63) is 63.1 Å². The minimum Gasteiger partial charge on any atom is -0.496 e. The van der Waals surface area contributed by atoms with Crippen molar-refractivity contribution in [1.82, 2.24) is 0 Å². The molecule has 1 heterocycles. The van der Waals surface area contributed by atoms with Gasteiger partial charge in [0.1, 0.15) is 5.75 Å². The number of methoxy groups -OCH3 is 1. The summed E-state index contributed by atoms with van der Waals surface area (Å²) in [5.41, 5.74) is 4.00. The summed E-state index contributed by atoms with van der Waals surface area (Å²) in [6.45, 7) is 7.48. The molecule has 3 heteroatoms. The lowest BCUT2D eigenvalue weighted by Crippen LogP contribution is -2.01. The van der Waals surface area contributed by atoms with Crippen LogP contribution in [0.15, 0.2) is 35.0 Å². The molecule has 0 atom stereocenters. The maximum absolute atomic E-state index is 6.88. The van der Waals surface area contributed by atoms with E-state index < -0.39 is 0 Å². The molecule has 2 nitrogen and oxygen atoms in total. The van der Waals surface area contributed by atoms with Gasteiger partial charge >= 0.3 is 0 Å². The van der Waals surface area contributed by atoms with Crippen LogP contribution >= 0.6 is 11.3 Å². The Morgan fingerprint density at radius 2 is 2.10 bits per heavy atom. The zero-order valence-corrected chi connectivity index (χ0v) is 12.6. The van der Waals surface area contributed by atoms with Gasteiger partial charge in [-0.1, -0.05) is 12.1 Å². The van der Waals surface area contributed by atoms with Crippen molar-refractivity contribution in [3.8, 4) is 5.75 Å². The van der Waals surface area contributed by atoms with Gasteiger partial charge in [-0.25, -0.2) is 6.57 Å². The predicted octanol–water partition coefficient (Wildman–Crippen LogP) is 4.39. The molecule has 2 aromatic rings. The minimum absolute atomic E-state index is 0.598. The van der Waals surface area contributed by atoms with Gasteiger partial charge in [-0.05, 0) is 58.8 Å². The first-order valence-corrected chi connectivity index (χ1v) is 7.78. The zero-order chi connectivity index (χ0) is 14.2. The Morgan fingerprint density at radius 1 is 1.20 bits per heavy atom. The smallest absolute Gasteiger partial charge is 0.215 e. The molecule has 0 saturated heterocycles. The second kappa shape index (κ2) is 7.72. The number of hydrogen-bond donors (Lipinski definition) is 0. The third-order valence-corrected chi connectivity index (χ3v) is 4.14. The molecule has 1 aromatic carbocycles. The highest BCUT2D eigenvalue weighted by atomic mass is 32.1. The van der Waals surface area contributed by atoms with Crippen molar-refractivity contribution in [2.45, 2.75) is 25.7 Å². The molecule has 0 radical (unpaired) electrons. The number of ether oxygens (including phenoxy) is 1. The highest BCUT2D eigenvalue weighted by Crippen LogP contribution is 2.25. The Kier molecular flexibility index (Phi) is 5.64. The number of aryl methyl sites for hydroxylation is 2. The van der Waals surface area contributed by atoms with Gasteiger partial charge in [0.2, 0.25) is 6.54 Å². The molecule has 0 aliphatic heterocycles. The second-order valence-electron chi connectivity index (χ2n) is 4.71. The van der Waals surface area contributed by atoms with Gasteiger partial charge in [0, 0.05) is 6.42 Å². The minimum atomic E-state index is 0.598. The van der Waals surface area contributed by atoms with Crippen LogP contribution in [-0.2, 0) is 19.3 Å². The highest BCUT2D eigenvalue weighted by molar-refractivity contribution is 7.07. The van der Waals surface area contributed by atoms with E-state index in [4.69, 9.17) is 11.3 Å². The van der Waals surface area contributed by atoms with Crippen molar-refractivity contribution in [3.63, 3.8) is 0 Å². The number of rotatable bonds is 7. The summed E-state index contributed by atoms with van der Waals surface area (Å²) >= 11 is 1.74. The molecule has 0 spiro atoms. The third-order valence-electron chi connectivity index (χ3n) is 3.41. The van der Waals surface area contributed by atoms with E-state index >= 15 is 0 Å². The van der Waals surface area contributed by atoms with Crippen LogP contribution in [0, 0.1) is 6.57 Å². The molecule has 2 rings (SSSR count). The van der Waals surface area contributed by atoms with E-state index in [0.717, 1.165) is 31.4 Å². The quantitative estimate of drug-likeness (QED) is 0.543. The Hall–Kier alpha value is -1.79. The van der Waals surface area contributed by atoms with Gasteiger partial charge in [-0.2, -0.15) is 11.3 Å². The van der Waals surface area contributed by atoms with Crippen molar-refractivity contribution >= 4 is 11.3 Å². The van der Waals surface area contributed by atoms with E-state index in [1.807, 2.05) is 12.1 Å². The summed E-state index contributed by atoms with van der Waals surface area (Å²) < 4.78 is 5.50. The Labute approximate surface area is 124 Å². The first-order valence-electron chi connectivity index (χ1n) is 6.84. The first-order chi connectivity index (χ1) is 9.85. The molecule has 1 aromatic heterocycles. The van der Waals surface area contributed by atoms with Gasteiger partial charge in [0.15, 0.2) is 0 Å². The van der Waals surface area contributed by atoms with E-state index in [9.17, 15) is 0 Å². The van der Waals surface area contributed by atoms with Crippen molar-refractivity contribution in [1.29, 1.82) is 0 Å². The molecule has 0 bridgehead atoms. The normalized spacial score (nSPS) is 10.2. The van der Waals surface area contributed by atoms with Gasteiger partial charge in [0.05, 0.1) is 7.11 Å². The summed E-state index contributed by atoms with van der Waals surface area (Å²) in [5, 5.41) is 4.32. The number of nitrogens with zero attached hydrogens (tertiary/aromatic N) is 1. The summed E-state index contributed by atoms with van der Waals surface area (Å²) in [5.74, 6) is 0.973. The lowest BCUT2D eigenvalue weighted by molar-refractivity contribution is 0.408. The number of hydrogen-bond acceptors (Lipinski definition) is 2. The van der Waals surface area contributed by atoms with Gasteiger partial charge in [-0.3, -0.25) is 0 Å². The van der Waals surface area contributed by atoms with E-state index in [-0.39, 0.29) is 0 Å². The van der Waals surface area contributed by atoms with Crippen molar-refractivity contribution in [2.75, 3.05) is 13.7 Å². The molecule has 0 amide bonds. The Bertz CT molecular complexity index is 569. The van der Waals surface area contributed by atoms with Gasteiger partial charge < -0.3 is 9.58 Å². The van der Waals surface area contributed by atoms with Crippen LogP contribution < -0.4 is 4.74 Å². The fourth-order valence-electron chi connectivity index (χ4n) is 2.37. The number of thiophene rings is 1. The Morgan fingerprint density at radius 3 is 2.80 bits per heavy atom. The molecular formula is C17H19NOS. The van der Waals surface area contributed by atoms with Crippen LogP contribution in [0.3, 0.4) is 0 Å². The Balaban J connectivity index is 2.12. The van der Waals surface area contributed by atoms with Crippen molar-refractivity contribution < 1.29 is 4.74 Å². The number of benzene rings is 1. The van der Waals surface area contributed by atoms with Crippen LogP contribution in [-0.4, -0.2) is 13.7 Å². The predicted molar refractivity (Wildman–Crippen MR) is 84.5 cm³/mol. The van der Waals surface area contributed by atoms with E-state index in [0.29, 0.717) is 6.54 Å². The van der Waals surface area contributed by atoms with Crippen LogP contribution in [0.1, 0.15) is 23.1 Å². The van der Waals surface area contributed by atoms with E-state index in [2.05, 4.69) is 27.7 Å². The van der Waals surface area contributed by atoms with Crippen LogP contribution in [0.5, 0.6) is 5.75 Å². The summed E-state index contributed by atoms with van der Waals surface area (Å²) in [6, 6.07) is 8.41. The van der Waals surface area contributed by atoms with Crippen LogP contribution in [0.4, 0.5) is 0 Å². The molecule has 0 unspecified atom stereocenters. The topological polar surface area (TPSA) is 13.6 Å². The standard InChI is InChI=1S/C17H19NOS/c1-18-11-4-6-15-5-3-7-17(19-2)16(15)9-8-14-10-12-20-13-14/h3,5,7,10,12-13H,4,6,8-9,11H2,2H3. The van der Waals surface area contributed by atoms with E-state index in [1.54, 1.807) is 18.4 Å². The third kappa shape index (κ3) is 3.85. The fourth-order valence-corrected chi connectivity index (χ4v) is 3.08. The molecule has 0 saturated carbocycles. The molecular weight excluding hydrogens is 266 g/mol. The largest absolute Gasteiger partial charge is 0.496 e. The highest BCUT2D eigenvalue weighted by Gasteiger charge is 2.09. The van der Waals surface area contributed by atoms with Gasteiger partial charge in [-0.15, -0.1) is 0 Å². The van der Waals surface area contributed by atoms with E-state index in [1.165, 1.54) is 16.7 Å². The SMILES string of the molecule is [C-]#[N+]CCCc1cccc(OC)c1CCc1ccsc1. The monoisotopic (exact) mass is 285 g/mol. The zero-order valence-electron chi connectivity index (χ0n) is 11.8.